The van der Waals surface area contributed by atoms with Gasteiger partial charge < -0.3 is 14.5 Å². The minimum Gasteiger partial charge on any atom is -0.495 e. The van der Waals surface area contributed by atoms with Gasteiger partial charge in [0.25, 0.3) is 0 Å². The smallest absolute Gasteiger partial charge is 0.214 e. The van der Waals surface area contributed by atoms with E-state index in [0.717, 1.165) is 22.6 Å². The first-order valence-electron chi connectivity index (χ1n) is 7.53. The zero-order valence-corrected chi connectivity index (χ0v) is 13.5. The molecule has 3 aromatic rings. The number of nitriles is 1. The molecule has 0 bridgehead atoms. The Morgan fingerprint density at radius 2 is 2.00 bits per heavy atom. The summed E-state index contributed by atoms with van der Waals surface area (Å²) >= 11 is 0. The van der Waals surface area contributed by atoms with Crippen molar-refractivity contribution < 1.29 is 9.15 Å². The van der Waals surface area contributed by atoms with Gasteiger partial charge in [-0.15, -0.1) is 0 Å². The lowest BCUT2D eigenvalue weighted by atomic mass is 10.1. The third-order valence-electron chi connectivity index (χ3n) is 3.64. The molecule has 0 amide bonds. The van der Waals surface area contributed by atoms with Gasteiger partial charge >= 0.3 is 0 Å². The normalized spacial score (nSPS) is 10.2. The van der Waals surface area contributed by atoms with Crippen LogP contribution in [0.15, 0.2) is 53.1 Å². The third kappa shape index (κ3) is 3.39. The first-order chi connectivity index (χ1) is 11.7. The summed E-state index contributed by atoms with van der Waals surface area (Å²) in [7, 11) is 1.64. The Balaban J connectivity index is 1.72. The van der Waals surface area contributed by atoms with Gasteiger partial charge in [0.05, 0.1) is 37.2 Å². The van der Waals surface area contributed by atoms with Crippen LogP contribution in [0.3, 0.4) is 0 Å². The van der Waals surface area contributed by atoms with Crippen molar-refractivity contribution in [1.29, 1.82) is 5.26 Å². The van der Waals surface area contributed by atoms with E-state index in [-0.39, 0.29) is 0 Å². The largest absolute Gasteiger partial charge is 0.495 e. The van der Waals surface area contributed by atoms with Crippen LogP contribution in [0, 0.1) is 18.3 Å². The van der Waals surface area contributed by atoms with Gasteiger partial charge in [0.2, 0.25) is 5.89 Å². The van der Waals surface area contributed by atoms with Crippen LogP contribution in [0.25, 0.3) is 11.3 Å². The van der Waals surface area contributed by atoms with Gasteiger partial charge in [0, 0.05) is 5.56 Å². The molecule has 0 fully saturated rings. The summed E-state index contributed by atoms with van der Waals surface area (Å²) < 4.78 is 11.1. The Labute approximate surface area is 140 Å². The number of hydrogen-bond acceptors (Lipinski definition) is 5. The summed E-state index contributed by atoms with van der Waals surface area (Å²) in [6.45, 7) is 2.48. The van der Waals surface area contributed by atoms with E-state index in [1.165, 1.54) is 0 Å². The molecular formula is C19H17N3O2. The van der Waals surface area contributed by atoms with Crippen LogP contribution in [0.2, 0.25) is 0 Å². The van der Waals surface area contributed by atoms with Gasteiger partial charge in [-0.25, -0.2) is 4.98 Å². The molecule has 0 unspecified atom stereocenters. The highest BCUT2D eigenvalue weighted by atomic mass is 16.5. The fourth-order valence-electron chi connectivity index (χ4n) is 2.37. The number of nitrogens with one attached hydrogen (secondary N) is 1. The number of rotatable bonds is 5. The highest BCUT2D eigenvalue weighted by molar-refractivity contribution is 5.59. The SMILES string of the molecule is COc1ccc(C)cc1NCc1ncc(-c2ccc(C#N)cc2)o1. The second-order valence-electron chi connectivity index (χ2n) is 5.36. The predicted molar refractivity (Wildman–Crippen MR) is 91.7 cm³/mol. The van der Waals surface area contributed by atoms with E-state index in [9.17, 15) is 0 Å². The van der Waals surface area contributed by atoms with Crippen molar-refractivity contribution in [3.63, 3.8) is 0 Å². The van der Waals surface area contributed by atoms with E-state index in [4.69, 9.17) is 14.4 Å². The average Bonchev–Trinajstić information content (AvgIpc) is 3.09. The molecule has 3 rings (SSSR count). The number of nitrogens with zero attached hydrogens (tertiary/aromatic N) is 2. The van der Waals surface area contributed by atoms with Gasteiger partial charge in [-0.3, -0.25) is 0 Å². The van der Waals surface area contributed by atoms with E-state index in [0.29, 0.717) is 23.8 Å². The van der Waals surface area contributed by atoms with Crippen molar-refractivity contribution in [2.45, 2.75) is 13.5 Å². The zero-order chi connectivity index (χ0) is 16.9. The maximum absolute atomic E-state index is 8.84. The molecule has 1 N–H and O–H groups in total. The van der Waals surface area contributed by atoms with Crippen molar-refractivity contribution in [2.24, 2.45) is 0 Å². The van der Waals surface area contributed by atoms with E-state index < -0.39 is 0 Å². The summed E-state index contributed by atoms with van der Waals surface area (Å²) in [4.78, 5) is 4.29. The number of aryl methyl sites for hydroxylation is 1. The molecule has 0 aliphatic heterocycles. The highest BCUT2D eigenvalue weighted by Crippen LogP contribution is 2.26. The molecule has 5 nitrogen and oxygen atoms in total. The van der Waals surface area contributed by atoms with Crippen LogP contribution >= 0.6 is 0 Å². The average molecular weight is 319 g/mol. The molecular weight excluding hydrogens is 302 g/mol. The van der Waals surface area contributed by atoms with Crippen molar-refractivity contribution in [3.8, 4) is 23.1 Å². The maximum atomic E-state index is 8.84. The number of methoxy groups -OCH3 is 1. The Hall–Kier alpha value is -3.26. The predicted octanol–water partition coefficient (Wildman–Crippen LogP) is 4.14. The van der Waals surface area contributed by atoms with Crippen LogP contribution in [0.4, 0.5) is 5.69 Å². The summed E-state index contributed by atoms with van der Waals surface area (Å²) in [5.41, 5.74) is 3.55. The van der Waals surface area contributed by atoms with Gasteiger partial charge in [0.15, 0.2) is 5.76 Å². The topological polar surface area (TPSA) is 71.1 Å². The lowest BCUT2D eigenvalue weighted by molar-refractivity contribution is 0.416. The molecule has 1 aromatic heterocycles. The maximum Gasteiger partial charge on any atom is 0.214 e. The first-order valence-corrected chi connectivity index (χ1v) is 7.53. The minimum atomic E-state index is 0.454. The summed E-state index contributed by atoms with van der Waals surface area (Å²) in [6.07, 6.45) is 1.69. The number of anilines is 1. The Bertz CT molecular complexity index is 876. The zero-order valence-electron chi connectivity index (χ0n) is 13.5. The molecule has 1 heterocycles. The fourth-order valence-corrected chi connectivity index (χ4v) is 2.37. The van der Waals surface area contributed by atoms with Crippen molar-refractivity contribution in [3.05, 3.63) is 65.7 Å². The first kappa shape index (κ1) is 15.6. The Morgan fingerprint density at radius 1 is 1.21 bits per heavy atom. The molecule has 0 aliphatic carbocycles. The van der Waals surface area contributed by atoms with Crippen molar-refractivity contribution >= 4 is 5.69 Å². The molecule has 120 valence electrons. The van der Waals surface area contributed by atoms with Gasteiger partial charge in [-0.2, -0.15) is 5.26 Å². The number of oxazole rings is 1. The molecule has 0 radical (unpaired) electrons. The quantitative estimate of drug-likeness (QED) is 0.765. The second kappa shape index (κ2) is 6.88. The third-order valence-corrected chi connectivity index (χ3v) is 3.64. The highest BCUT2D eigenvalue weighted by Gasteiger charge is 2.08. The van der Waals surface area contributed by atoms with E-state index in [2.05, 4.69) is 16.4 Å². The standard InChI is InChI=1S/C19H17N3O2/c1-13-3-8-17(23-2)16(9-13)21-12-19-22-11-18(24-19)15-6-4-14(10-20)5-7-15/h3-9,11,21H,12H2,1-2H3. The summed E-state index contributed by atoms with van der Waals surface area (Å²) in [5, 5.41) is 12.1. The molecule has 0 saturated heterocycles. The van der Waals surface area contributed by atoms with Crippen LogP contribution < -0.4 is 10.1 Å². The molecule has 2 aromatic carbocycles. The fraction of sp³-hybridized carbons (Fsp3) is 0.158. The molecule has 5 heteroatoms. The van der Waals surface area contributed by atoms with Crippen molar-refractivity contribution in [2.75, 3.05) is 12.4 Å². The van der Waals surface area contributed by atoms with E-state index in [1.54, 1.807) is 25.4 Å². The van der Waals surface area contributed by atoms with E-state index in [1.807, 2.05) is 37.3 Å². The molecule has 0 atom stereocenters. The number of hydrogen-bond donors (Lipinski definition) is 1. The lowest BCUT2D eigenvalue weighted by Crippen LogP contribution is -2.01. The van der Waals surface area contributed by atoms with Crippen LogP contribution in [-0.2, 0) is 6.54 Å². The van der Waals surface area contributed by atoms with E-state index >= 15 is 0 Å². The van der Waals surface area contributed by atoms with Crippen molar-refractivity contribution in [1.82, 2.24) is 4.98 Å². The summed E-state index contributed by atoms with van der Waals surface area (Å²) in [6, 6.07) is 15.2. The van der Waals surface area contributed by atoms with Gasteiger partial charge in [-0.05, 0) is 48.9 Å². The molecule has 0 spiro atoms. The molecule has 0 aliphatic rings. The lowest BCUT2D eigenvalue weighted by Gasteiger charge is -2.10. The van der Waals surface area contributed by atoms with Crippen LogP contribution in [0.1, 0.15) is 17.0 Å². The monoisotopic (exact) mass is 319 g/mol. The summed E-state index contributed by atoms with van der Waals surface area (Å²) in [5.74, 6) is 2.03. The van der Waals surface area contributed by atoms with Crippen LogP contribution in [-0.4, -0.2) is 12.1 Å². The molecule has 0 saturated carbocycles. The number of aromatic nitrogens is 1. The van der Waals surface area contributed by atoms with Crippen LogP contribution in [0.5, 0.6) is 5.75 Å². The second-order valence-corrected chi connectivity index (χ2v) is 5.36. The number of ether oxygens (including phenoxy) is 1. The van der Waals surface area contributed by atoms with Gasteiger partial charge in [0.1, 0.15) is 5.75 Å². The van der Waals surface area contributed by atoms with Gasteiger partial charge in [-0.1, -0.05) is 6.07 Å². The Kier molecular flexibility index (Phi) is 4.48. The molecule has 24 heavy (non-hydrogen) atoms. The number of benzene rings is 2. The Morgan fingerprint density at radius 3 is 2.71 bits per heavy atom. The minimum absolute atomic E-state index is 0.454.